The molecule has 0 heterocycles. The average Bonchev–Trinajstić information content (AvgIpc) is 2.55. The number of carbonyl (C=O) groups is 2. The van der Waals surface area contributed by atoms with Crippen LogP contribution in [0.25, 0.3) is 0 Å². The summed E-state index contributed by atoms with van der Waals surface area (Å²) in [5, 5.41) is 5.50. The van der Waals surface area contributed by atoms with Crippen molar-refractivity contribution in [2.75, 3.05) is 12.4 Å². The third-order valence-corrected chi connectivity index (χ3v) is 4.47. The summed E-state index contributed by atoms with van der Waals surface area (Å²) in [4.78, 5) is 24.0. The summed E-state index contributed by atoms with van der Waals surface area (Å²) in [5.41, 5.74) is 1.77. The van der Waals surface area contributed by atoms with Crippen LogP contribution in [0.5, 0.6) is 0 Å². The van der Waals surface area contributed by atoms with Crippen LogP contribution >= 0.6 is 45.2 Å². The van der Waals surface area contributed by atoms with Crippen LogP contribution in [0.15, 0.2) is 42.5 Å². The number of ether oxygens (including phenoxy) is 1. The van der Waals surface area contributed by atoms with Crippen LogP contribution in [-0.2, 0) is 11.3 Å². The molecule has 5 nitrogen and oxygen atoms in total. The number of amides is 2. The van der Waals surface area contributed by atoms with Gasteiger partial charge < -0.3 is 15.4 Å². The van der Waals surface area contributed by atoms with Gasteiger partial charge in [0.2, 0.25) is 0 Å². The fourth-order valence-corrected chi connectivity index (χ4v) is 3.89. The molecule has 0 atom stereocenters. The third-order valence-electron chi connectivity index (χ3n) is 2.99. The fraction of sp³-hybridized carbons (Fsp3) is 0.125. The van der Waals surface area contributed by atoms with Gasteiger partial charge in [-0.25, -0.2) is 9.59 Å². The molecule has 0 saturated heterocycles. The van der Waals surface area contributed by atoms with Gasteiger partial charge in [0, 0.05) is 13.7 Å². The predicted molar refractivity (Wildman–Crippen MR) is 106 cm³/mol. The number of anilines is 1. The molecule has 2 aromatic carbocycles. The number of hydrogen-bond donors (Lipinski definition) is 2. The van der Waals surface area contributed by atoms with E-state index in [1.807, 2.05) is 36.4 Å². The summed E-state index contributed by atoms with van der Waals surface area (Å²) in [5.74, 6) is -0.486. The van der Waals surface area contributed by atoms with Crippen LogP contribution < -0.4 is 10.6 Å². The van der Waals surface area contributed by atoms with Crippen molar-refractivity contribution < 1.29 is 14.3 Å². The minimum absolute atomic E-state index is 0.332. The van der Waals surface area contributed by atoms with Gasteiger partial charge >= 0.3 is 12.0 Å². The number of nitrogens with one attached hydrogen (secondary N) is 2. The number of hydrogen-bond acceptors (Lipinski definition) is 3. The molecule has 2 N–H and O–H groups in total. The first-order valence-electron chi connectivity index (χ1n) is 6.67. The SMILES string of the molecule is COC(=O)c1cc(I)cc(I)c1NC(=O)NCc1ccccc1. The van der Waals surface area contributed by atoms with E-state index in [1.54, 1.807) is 6.07 Å². The van der Waals surface area contributed by atoms with Crippen molar-refractivity contribution in [1.82, 2.24) is 5.32 Å². The highest BCUT2D eigenvalue weighted by molar-refractivity contribution is 14.1. The maximum Gasteiger partial charge on any atom is 0.340 e. The van der Waals surface area contributed by atoms with Crippen LogP contribution in [0.1, 0.15) is 15.9 Å². The maximum atomic E-state index is 12.1. The summed E-state index contributed by atoms with van der Waals surface area (Å²) < 4.78 is 6.44. The lowest BCUT2D eigenvalue weighted by molar-refractivity contribution is 0.0602. The molecule has 0 aliphatic carbocycles. The zero-order chi connectivity index (χ0) is 16.8. The molecule has 0 spiro atoms. The molecule has 0 fully saturated rings. The van der Waals surface area contributed by atoms with E-state index >= 15 is 0 Å². The predicted octanol–water partition coefficient (Wildman–Crippen LogP) is 4.00. The van der Waals surface area contributed by atoms with Crippen molar-refractivity contribution in [3.8, 4) is 0 Å². The molecule has 2 aromatic rings. The second-order valence-electron chi connectivity index (χ2n) is 4.60. The maximum absolute atomic E-state index is 12.1. The molecular weight excluding hydrogens is 522 g/mol. The summed E-state index contributed by atoms with van der Waals surface area (Å²) in [7, 11) is 1.31. The first kappa shape index (κ1) is 18.0. The number of urea groups is 1. The van der Waals surface area contributed by atoms with E-state index in [-0.39, 0.29) is 6.03 Å². The van der Waals surface area contributed by atoms with E-state index < -0.39 is 5.97 Å². The summed E-state index contributed by atoms with van der Waals surface area (Å²) in [6, 6.07) is 12.8. The minimum Gasteiger partial charge on any atom is -0.465 e. The lowest BCUT2D eigenvalue weighted by Gasteiger charge is -2.13. The smallest absolute Gasteiger partial charge is 0.340 e. The quantitative estimate of drug-likeness (QED) is 0.459. The highest BCUT2D eigenvalue weighted by atomic mass is 127. The molecule has 0 unspecified atom stereocenters. The van der Waals surface area contributed by atoms with Crippen LogP contribution in [0.4, 0.5) is 10.5 Å². The molecule has 0 aliphatic rings. The van der Waals surface area contributed by atoms with E-state index in [9.17, 15) is 9.59 Å². The van der Waals surface area contributed by atoms with Crippen LogP contribution in [0, 0.1) is 7.14 Å². The highest BCUT2D eigenvalue weighted by Crippen LogP contribution is 2.26. The number of benzene rings is 2. The zero-order valence-electron chi connectivity index (χ0n) is 12.2. The van der Waals surface area contributed by atoms with Crippen LogP contribution in [0.3, 0.4) is 0 Å². The Bertz CT molecular complexity index is 721. The molecule has 7 heteroatoms. The number of halogens is 2. The first-order chi connectivity index (χ1) is 11.0. The van der Waals surface area contributed by atoms with E-state index in [0.717, 1.165) is 12.7 Å². The Kier molecular flexibility index (Phi) is 6.63. The van der Waals surface area contributed by atoms with Crippen molar-refractivity contribution in [1.29, 1.82) is 0 Å². The van der Waals surface area contributed by atoms with Gasteiger partial charge in [0.15, 0.2) is 0 Å². The molecule has 0 bridgehead atoms. The molecule has 0 saturated carbocycles. The van der Waals surface area contributed by atoms with Gasteiger partial charge in [0.1, 0.15) is 0 Å². The molecule has 23 heavy (non-hydrogen) atoms. The van der Waals surface area contributed by atoms with E-state index in [2.05, 4.69) is 55.8 Å². The summed E-state index contributed by atoms with van der Waals surface area (Å²) in [6.45, 7) is 0.404. The van der Waals surface area contributed by atoms with Gasteiger partial charge in [-0.05, 0) is 62.9 Å². The van der Waals surface area contributed by atoms with Gasteiger partial charge in [-0.15, -0.1) is 0 Å². The van der Waals surface area contributed by atoms with Gasteiger partial charge in [0.25, 0.3) is 0 Å². The molecule has 120 valence electrons. The van der Waals surface area contributed by atoms with Crippen LogP contribution in [0.2, 0.25) is 0 Å². The summed E-state index contributed by atoms with van der Waals surface area (Å²) in [6.07, 6.45) is 0. The molecule has 2 rings (SSSR count). The Morgan fingerprint density at radius 3 is 2.48 bits per heavy atom. The van der Waals surface area contributed by atoms with E-state index in [0.29, 0.717) is 17.8 Å². The monoisotopic (exact) mass is 536 g/mol. The second-order valence-corrected chi connectivity index (χ2v) is 7.00. The van der Waals surface area contributed by atoms with Crippen molar-refractivity contribution in [3.05, 3.63) is 60.7 Å². The molecule has 2 amide bonds. The lowest BCUT2D eigenvalue weighted by atomic mass is 10.2. The number of methoxy groups -OCH3 is 1. The van der Waals surface area contributed by atoms with Crippen molar-refractivity contribution >= 4 is 62.9 Å². The Balaban J connectivity index is 2.12. The van der Waals surface area contributed by atoms with Crippen LogP contribution in [-0.4, -0.2) is 19.1 Å². The number of esters is 1. The standard InChI is InChI=1S/C16H14I2N2O3/c1-23-15(21)12-7-11(17)8-13(18)14(12)20-16(22)19-9-10-5-3-2-4-6-10/h2-8H,9H2,1H3,(H2,19,20,22). The minimum atomic E-state index is -0.486. The topological polar surface area (TPSA) is 67.4 Å². The second kappa shape index (κ2) is 8.48. The van der Waals surface area contributed by atoms with Gasteiger partial charge in [-0.3, -0.25) is 0 Å². The van der Waals surface area contributed by atoms with Crippen molar-refractivity contribution in [3.63, 3.8) is 0 Å². The van der Waals surface area contributed by atoms with Crippen molar-refractivity contribution in [2.45, 2.75) is 6.54 Å². The van der Waals surface area contributed by atoms with Gasteiger partial charge in [0.05, 0.1) is 18.4 Å². The van der Waals surface area contributed by atoms with Crippen molar-refractivity contribution in [2.24, 2.45) is 0 Å². The van der Waals surface area contributed by atoms with Gasteiger partial charge in [-0.1, -0.05) is 30.3 Å². The highest BCUT2D eigenvalue weighted by Gasteiger charge is 2.18. The Morgan fingerprint density at radius 2 is 1.83 bits per heavy atom. The van der Waals surface area contributed by atoms with E-state index in [4.69, 9.17) is 4.74 Å². The molecule has 0 radical (unpaired) electrons. The Morgan fingerprint density at radius 1 is 1.13 bits per heavy atom. The number of rotatable bonds is 4. The third kappa shape index (κ3) is 5.06. The van der Waals surface area contributed by atoms with Gasteiger partial charge in [-0.2, -0.15) is 0 Å². The molecule has 0 aromatic heterocycles. The average molecular weight is 536 g/mol. The summed E-state index contributed by atoms with van der Waals surface area (Å²) >= 11 is 4.19. The van der Waals surface area contributed by atoms with E-state index in [1.165, 1.54) is 7.11 Å². The largest absolute Gasteiger partial charge is 0.465 e. The Labute approximate surface area is 161 Å². The molecular formula is C16H14I2N2O3. The zero-order valence-corrected chi connectivity index (χ0v) is 16.5. The first-order valence-corrected chi connectivity index (χ1v) is 8.83. The fourth-order valence-electron chi connectivity index (χ4n) is 1.91. The molecule has 0 aliphatic heterocycles. The Hall–Kier alpha value is -1.36. The normalized spacial score (nSPS) is 10.0. The lowest BCUT2D eigenvalue weighted by Crippen LogP contribution is -2.29. The number of carbonyl (C=O) groups excluding carboxylic acids is 2.